The summed E-state index contributed by atoms with van der Waals surface area (Å²) in [5, 5.41) is 14.7. The first-order valence-electron chi connectivity index (χ1n) is 11.5. The van der Waals surface area contributed by atoms with Gasteiger partial charge in [-0.1, -0.05) is 80.6 Å². The quantitative estimate of drug-likeness (QED) is 0.512. The standard InChI is InChI=1S/C28H34N2O2/c1-20(2)29-25-16-14-23-24(28(25)31)15-17-26(32-19-22-12-8-5-9-13-22)27(23)30(3)18-21-10-6-4-7-11-21/h4-13,15,17,20,25,28-29,31H,14,16,18-19H2,1-3H3. The summed E-state index contributed by atoms with van der Waals surface area (Å²) in [7, 11) is 2.11. The molecule has 3 aromatic carbocycles. The van der Waals surface area contributed by atoms with Gasteiger partial charge in [0.2, 0.25) is 0 Å². The van der Waals surface area contributed by atoms with Gasteiger partial charge in [-0.15, -0.1) is 0 Å². The fourth-order valence-corrected chi connectivity index (χ4v) is 4.65. The summed E-state index contributed by atoms with van der Waals surface area (Å²) >= 11 is 0. The first-order valence-corrected chi connectivity index (χ1v) is 11.5. The van der Waals surface area contributed by atoms with E-state index in [4.69, 9.17) is 4.74 Å². The van der Waals surface area contributed by atoms with Crippen molar-refractivity contribution in [3.8, 4) is 5.75 Å². The molecule has 2 N–H and O–H groups in total. The number of anilines is 1. The SMILES string of the molecule is CC(C)NC1CCc2c(ccc(OCc3ccccc3)c2N(C)Cc2ccccc2)C1O. The Labute approximate surface area is 191 Å². The van der Waals surface area contributed by atoms with E-state index in [1.807, 2.05) is 36.4 Å². The Morgan fingerprint density at radius 2 is 1.62 bits per heavy atom. The number of nitrogens with zero attached hydrogens (tertiary/aromatic N) is 1. The number of fused-ring (bicyclic) bond motifs is 1. The van der Waals surface area contributed by atoms with E-state index >= 15 is 0 Å². The highest BCUT2D eigenvalue weighted by molar-refractivity contribution is 5.67. The second kappa shape index (κ2) is 10.2. The molecular formula is C28H34N2O2. The van der Waals surface area contributed by atoms with E-state index in [9.17, 15) is 5.11 Å². The molecule has 0 fully saturated rings. The van der Waals surface area contributed by atoms with E-state index in [1.165, 1.54) is 11.1 Å². The molecule has 0 aliphatic heterocycles. The minimum absolute atomic E-state index is 0.0749. The average molecular weight is 431 g/mol. The zero-order chi connectivity index (χ0) is 22.5. The second-order valence-electron chi connectivity index (χ2n) is 9.01. The van der Waals surface area contributed by atoms with Crippen molar-refractivity contribution in [2.24, 2.45) is 0 Å². The molecule has 0 heterocycles. The Morgan fingerprint density at radius 1 is 0.969 bits per heavy atom. The predicted molar refractivity (Wildman–Crippen MR) is 131 cm³/mol. The number of benzene rings is 3. The zero-order valence-electron chi connectivity index (χ0n) is 19.3. The molecule has 4 heteroatoms. The molecule has 32 heavy (non-hydrogen) atoms. The van der Waals surface area contributed by atoms with Gasteiger partial charge in [-0.25, -0.2) is 0 Å². The molecule has 0 aromatic heterocycles. The monoisotopic (exact) mass is 430 g/mol. The van der Waals surface area contributed by atoms with E-state index in [0.717, 1.165) is 42.0 Å². The lowest BCUT2D eigenvalue weighted by atomic mass is 9.84. The summed E-state index contributed by atoms with van der Waals surface area (Å²) in [5.41, 5.74) is 5.68. The molecule has 2 atom stereocenters. The molecule has 3 aromatic rings. The number of hydrogen-bond donors (Lipinski definition) is 2. The Bertz CT molecular complexity index is 1000. The fraction of sp³-hybridized carbons (Fsp3) is 0.357. The van der Waals surface area contributed by atoms with Gasteiger partial charge in [0.15, 0.2) is 0 Å². The van der Waals surface area contributed by atoms with Crippen molar-refractivity contribution < 1.29 is 9.84 Å². The smallest absolute Gasteiger partial charge is 0.143 e. The summed E-state index contributed by atoms with van der Waals surface area (Å²) in [6.07, 6.45) is 1.29. The molecule has 168 valence electrons. The van der Waals surface area contributed by atoms with E-state index < -0.39 is 6.10 Å². The van der Waals surface area contributed by atoms with Gasteiger partial charge in [0.05, 0.1) is 11.8 Å². The van der Waals surface area contributed by atoms with Crippen molar-refractivity contribution >= 4 is 5.69 Å². The zero-order valence-corrected chi connectivity index (χ0v) is 19.3. The predicted octanol–water partition coefficient (Wildman–Crippen LogP) is 5.25. The van der Waals surface area contributed by atoms with Crippen molar-refractivity contribution in [1.82, 2.24) is 5.32 Å². The number of rotatable bonds is 8. The minimum atomic E-state index is -0.520. The Morgan fingerprint density at radius 3 is 2.28 bits per heavy atom. The van der Waals surface area contributed by atoms with Crippen LogP contribution in [-0.4, -0.2) is 24.2 Å². The van der Waals surface area contributed by atoms with Crippen LogP contribution in [0.1, 0.15) is 48.6 Å². The first kappa shape index (κ1) is 22.4. The van der Waals surface area contributed by atoms with Crippen LogP contribution in [0.5, 0.6) is 5.75 Å². The van der Waals surface area contributed by atoms with Crippen molar-refractivity contribution in [1.29, 1.82) is 0 Å². The average Bonchev–Trinajstić information content (AvgIpc) is 2.80. The van der Waals surface area contributed by atoms with Crippen LogP contribution in [0, 0.1) is 0 Å². The van der Waals surface area contributed by atoms with Crippen LogP contribution in [0.2, 0.25) is 0 Å². The molecule has 2 unspecified atom stereocenters. The second-order valence-corrected chi connectivity index (χ2v) is 9.01. The van der Waals surface area contributed by atoms with Crippen LogP contribution in [0.4, 0.5) is 5.69 Å². The molecule has 0 spiro atoms. The molecule has 1 aliphatic carbocycles. The van der Waals surface area contributed by atoms with Crippen LogP contribution < -0.4 is 15.0 Å². The van der Waals surface area contributed by atoms with Gasteiger partial charge in [-0.2, -0.15) is 0 Å². The van der Waals surface area contributed by atoms with Gasteiger partial charge in [0, 0.05) is 25.7 Å². The third kappa shape index (κ3) is 5.14. The molecular weight excluding hydrogens is 396 g/mol. The van der Waals surface area contributed by atoms with E-state index in [1.54, 1.807) is 0 Å². The first-order chi connectivity index (χ1) is 15.5. The number of aliphatic hydroxyl groups is 1. The fourth-order valence-electron chi connectivity index (χ4n) is 4.65. The molecule has 4 rings (SSSR count). The number of nitrogens with one attached hydrogen (secondary N) is 1. The van der Waals surface area contributed by atoms with Crippen molar-refractivity contribution in [2.45, 2.75) is 58.0 Å². The summed E-state index contributed by atoms with van der Waals surface area (Å²) < 4.78 is 6.34. The highest BCUT2D eigenvalue weighted by atomic mass is 16.5. The van der Waals surface area contributed by atoms with Crippen LogP contribution in [0.15, 0.2) is 72.8 Å². The highest BCUT2D eigenvalue weighted by Gasteiger charge is 2.31. The molecule has 1 aliphatic rings. The number of ether oxygens (including phenoxy) is 1. The number of aliphatic hydroxyl groups excluding tert-OH is 1. The van der Waals surface area contributed by atoms with Gasteiger partial charge in [-0.3, -0.25) is 0 Å². The van der Waals surface area contributed by atoms with Gasteiger partial charge in [0.25, 0.3) is 0 Å². The summed E-state index contributed by atoms with van der Waals surface area (Å²) in [5.74, 6) is 0.869. The summed E-state index contributed by atoms with van der Waals surface area (Å²) in [4.78, 5) is 2.26. The normalized spacial score (nSPS) is 17.8. The van der Waals surface area contributed by atoms with Crippen molar-refractivity contribution in [3.05, 3.63) is 95.1 Å². The number of hydrogen-bond acceptors (Lipinski definition) is 4. The highest BCUT2D eigenvalue weighted by Crippen LogP contribution is 2.42. The topological polar surface area (TPSA) is 44.7 Å². The van der Waals surface area contributed by atoms with Crippen molar-refractivity contribution in [2.75, 3.05) is 11.9 Å². The van der Waals surface area contributed by atoms with E-state index in [2.05, 4.69) is 67.5 Å². The van der Waals surface area contributed by atoms with Crippen LogP contribution in [0.3, 0.4) is 0 Å². The van der Waals surface area contributed by atoms with Crippen LogP contribution in [0.25, 0.3) is 0 Å². The molecule has 0 radical (unpaired) electrons. The maximum Gasteiger partial charge on any atom is 0.143 e. The van der Waals surface area contributed by atoms with Gasteiger partial charge >= 0.3 is 0 Å². The molecule has 4 nitrogen and oxygen atoms in total. The Balaban J connectivity index is 1.67. The van der Waals surface area contributed by atoms with Gasteiger partial charge in [-0.05, 0) is 41.2 Å². The molecule has 0 saturated carbocycles. The van der Waals surface area contributed by atoms with Gasteiger partial charge < -0.3 is 20.1 Å². The summed E-state index contributed by atoms with van der Waals surface area (Å²) in [6.45, 7) is 5.55. The van der Waals surface area contributed by atoms with Crippen molar-refractivity contribution in [3.63, 3.8) is 0 Å². The lowest BCUT2D eigenvalue weighted by Crippen LogP contribution is -2.42. The molecule has 0 bridgehead atoms. The Kier molecular flexibility index (Phi) is 7.13. The van der Waals surface area contributed by atoms with E-state index in [0.29, 0.717) is 12.6 Å². The lowest BCUT2D eigenvalue weighted by molar-refractivity contribution is 0.110. The summed E-state index contributed by atoms with van der Waals surface area (Å²) in [6, 6.07) is 25.2. The van der Waals surface area contributed by atoms with E-state index in [-0.39, 0.29) is 6.04 Å². The lowest BCUT2D eigenvalue weighted by Gasteiger charge is -2.36. The molecule has 0 amide bonds. The molecule has 0 saturated heterocycles. The maximum absolute atomic E-state index is 11.1. The third-order valence-corrected chi connectivity index (χ3v) is 6.12. The largest absolute Gasteiger partial charge is 0.487 e. The Hall–Kier alpha value is -2.82. The van der Waals surface area contributed by atoms with Crippen LogP contribution in [-0.2, 0) is 19.6 Å². The van der Waals surface area contributed by atoms with Gasteiger partial charge in [0.1, 0.15) is 12.4 Å². The van der Waals surface area contributed by atoms with Crippen LogP contribution >= 0.6 is 0 Å². The minimum Gasteiger partial charge on any atom is -0.487 e. The third-order valence-electron chi connectivity index (χ3n) is 6.12. The maximum atomic E-state index is 11.1.